The third-order valence-electron chi connectivity index (χ3n) is 2.79. The highest BCUT2D eigenvalue weighted by molar-refractivity contribution is 7.09. The van der Waals surface area contributed by atoms with Gasteiger partial charge in [0.1, 0.15) is 0 Å². The molecule has 2 N–H and O–H groups in total. The summed E-state index contributed by atoms with van der Waals surface area (Å²) in [5.41, 5.74) is 7.13. The normalized spacial score (nSPS) is 18.9. The first-order valence-corrected chi connectivity index (χ1v) is 6.24. The summed E-state index contributed by atoms with van der Waals surface area (Å²) in [6, 6.07) is 0.110. The van der Waals surface area contributed by atoms with Crippen LogP contribution in [0.25, 0.3) is 0 Å². The topological polar surface area (TPSA) is 38.9 Å². The standard InChI is InChI=1S/C11H18N2S/c1-7(2)11(12)9-6-14-10(13-9)5-8-3-4-8/h6-8,11H,3-5,12H2,1-2H3. The van der Waals surface area contributed by atoms with Gasteiger partial charge in [-0.25, -0.2) is 4.98 Å². The Hall–Kier alpha value is -0.410. The van der Waals surface area contributed by atoms with E-state index >= 15 is 0 Å². The maximum atomic E-state index is 6.04. The Morgan fingerprint density at radius 2 is 2.29 bits per heavy atom. The molecule has 1 fully saturated rings. The first-order valence-electron chi connectivity index (χ1n) is 5.36. The van der Waals surface area contributed by atoms with Crippen LogP contribution in [0.5, 0.6) is 0 Å². The van der Waals surface area contributed by atoms with E-state index in [0.29, 0.717) is 5.92 Å². The van der Waals surface area contributed by atoms with E-state index in [1.165, 1.54) is 24.3 Å². The fraction of sp³-hybridized carbons (Fsp3) is 0.727. The number of rotatable bonds is 4. The van der Waals surface area contributed by atoms with Gasteiger partial charge in [0.05, 0.1) is 16.7 Å². The average molecular weight is 210 g/mol. The van der Waals surface area contributed by atoms with Crippen LogP contribution in [0.2, 0.25) is 0 Å². The van der Waals surface area contributed by atoms with Gasteiger partial charge in [0.2, 0.25) is 0 Å². The summed E-state index contributed by atoms with van der Waals surface area (Å²) in [7, 11) is 0. The highest BCUT2D eigenvalue weighted by atomic mass is 32.1. The van der Waals surface area contributed by atoms with E-state index in [-0.39, 0.29) is 6.04 Å². The summed E-state index contributed by atoms with van der Waals surface area (Å²) >= 11 is 1.77. The molecule has 1 saturated carbocycles. The van der Waals surface area contributed by atoms with Gasteiger partial charge in [-0.05, 0) is 24.7 Å². The third kappa shape index (κ3) is 2.34. The van der Waals surface area contributed by atoms with Crippen molar-refractivity contribution in [2.45, 2.75) is 39.2 Å². The molecule has 0 aliphatic heterocycles. The molecule has 1 aliphatic carbocycles. The predicted molar refractivity (Wildman–Crippen MR) is 60.3 cm³/mol. The molecule has 1 aromatic heterocycles. The summed E-state index contributed by atoms with van der Waals surface area (Å²) in [5.74, 6) is 1.40. The lowest BCUT2D eigenvalue weighted by Gasteiger charge is -2.11. The summed E-state index contributed by atoms with van der Waals surface area (Å²) in [6.45, 7) is 4.29. The van der Waals surface area contributed by atoms with Gasteiger partial charge in [0, 0.05) is 11.8 Å². The van der Waals surface area contributed by atoms with E-state index in [0.717, 1.165) is 11.6 Å². The molecule has 3 heteroatoms. The van der Waals surface area contributed by atoms with Crippen LogP contribution in [0.4, 0.5) is 0 Å². The molecule has 0 radical (unpaired) electrons. The van der Waals surface area contributed by atoms with Crippen molar-refractivity contribution >= 4 is 11.3 Å². The van der Waals surface area contributed by atoms with Crippen molar-refractivity contribution in [2.24, 2.45) is 17.6 Å². The minimum Gasteiger partial charge on any atom is -0.322 e. The van der Waals surface area contributed by atoms with Crippen LogP contribution in [0, 0.1) is 11.8 Å². The Balaban J connectivity index is 2.00. The van der Waals surface area contributed by atoms with Crippen molar-refractivity contribution in [3.63, 3.8) is 0 Å². The maximum absolute atomic E-state index is 6.04. The van der Waals surface area contributed by atoms with Crippen molar-refractivity contribution in [1.29, 1.82) is 0 Å². The lowest BCUT2D eigenvalue weighted by molar-refractivity contribution is 0.504. The highest BCUT2D eigenvalue weighted by Crippen LogP contribution is 2.34. The zero-order chi connectivity index (χ0) is 10.1. The minimum absolute atomic E-state index is 0.110. The van der Waals surface area contributed by atoms with Crippen LogP contribution in [-0.2, 0) is 6.42 Å². The second kappa shape index (κ2) is 3.99. The Labute approximate surface area is 89.5 Å². The first kappa shape index (κ1) is 10.1. The van der Waals surface area contributed by atoms with Gasteiger partial charge in [-0.15, -0.1) is 11.3 Å². The summed E-state index contributed by atoms with van der Waals surface area (Å²) in [4.78, 5) is 4.61. The van der Waals surface area contributed by atoms with Gasteiger partial charge in [-0.2, -0.15) is 0 Å². The lowest BCUT2D eigenvalue weighted by atomic mass is 10.0. The zero-order valence-corrected chi connectivity index (χ0v) is 9.68. The van der Waals surface area contributed by atoms with Gasteiger partial charge >= 0.3 is 0 Å². The lowest BCUT2D eigenvalue weighted by Crippen LogP contribution is -2.17. The average Bonchev–Trinajstić information content (AvgIpc) is 2.81. The molecule has 0 bridgehead atoms. The number of nitrogens with zero attached hydrogens (tertiary/aromatic N) is 1. The quantitative estimate of drug-likeness (QED) is 0.830. The van der Waals surface area contributed by atoms with Gasteiger partial charge < -0.3 is 5.73 Å². The molecular formula is C11H18N2S. The van der Waals surface area contributed by atoms with Crippen LogP contribution in [-0.4, -0.2) is 4.98 Å². The second-order valence-electron chi connectivity index (χ2n) is 4.58. The Morgan fingerprint density at radius 3 is 2.86 bits per heavy atom. The van der Waals surface area contributed by atoms with E-state index in [1.807, 2.05) is 0 Å². The van der Waals surface area contributed by atoms with Crippen molar-refractivity contribution in [2.75, 3.05) is 0 Å². The highest BCUT2D eigenvalue weighted by Gasteiger charge is 2.23. The number of hydrogen-bond acceptors (Lipinski definition) is 3. The van der Waals surface area contributed by atoms with Crippen LogP contribution in [0.3, 0.4) is 0 Å². The second-order valence-corrected chi connectivity index (χ2v) is 5.53. The molecule has 1 aliphatic rings. The smallest absolute Gasteiger partial charge is 0.0931 e. The molecule has 0 spiro atoms. The fourth-order valence-corrected chi connectivity index (χ4v) is 2.44. The molecule has 78 valence electrons. The molecule has 0 saturated heterocycles. The van der Waals surface area contributed by atoms with Gasteiger partial charge in [0.25, 0.3) is 0 Å². The third-order valence-corrected chi connectivity index (χ3v) is 3.68. The number of thiazole rings is 1. The van der Waals surface area contributed by atoms with E-state index in [2.05, 4.69) is 24.2 Å². The molecular weight excluding hydrogens is 192 g/mol. The molecule has 14 heavy (non-hydrogen) atoms. The summed E-state index contributed by atoms with van der Waals surface area (Å²) in [5, 5.41) is 3.40. The summed E-state index contributed by atoms with van der Waals surface area (Å²) < 4.78 is 0. The van der Waals surface area contributed by atoms with Crippen LogP contribution < -0.4 is 5.73 Å². The van der Waals surface area contributed by atoms with Crippen molar-refractivity contribution in [3.8, 4) is 0 Å². The number of aromatic nitrogens is 1. The van der Waals surface area contributed by atoms with E-state index < -0.39 is 0 Å². The molecule has 1 heterocycles. The molecule has 0 aromatic carbocycles. The van der Waals surface area contributed by atoms with E-state index in [9.17, 15) is 0 Å². The monoisotopic (exact) mass is 210 g/mol. The number of hydrogen-bond donors (Lipinski definition) is 1. The fourth-order valence-electron chi connectivity index (χ4n) is 1.48. The van der Waals surface area contributed by atoms with E-state index in [4.69, 9.17) is 5.73 Å². The Morgan fingerprint density at radius 1 is 1.57 bits per heavy atom. The van der Waals surface area contributed by atoms with E-state index in [1.54, 1.807) is 11.3 Å². The first-order chi connectivity index (χ1) is 6.66. The zero-order valence-electron chi connectivity index (χ0n) is 8.86. The minimum atomic E-state index is 0.110. The maximum Gasteiger partial charge on any atom is 0.0931 e. The van der Waals surface area contributed by atoms with Crippen LogP contribution in [0.1, 0.15) is 43.4 Å². The Bertz CT molecular complexity index is 302. The van der Waals surface area contributed by atoms with Crippen molar-refractivity contribution in [1.82, 2.24) is 4.98 Å². The van der Waals surface area contributed by atoms with Crippen LogP contribution in [0.15, 0.2) is 5.38 Å². The molecule has 2 rings (SSSR count). The van der Waals surface area contributed by atoms with Crippen LogP contribution >= 0.6 is 11.3 Å². The number of nitrogens with two attached hydrogens (primary N) is 1. The van der Waals surface area contributed by atoms with Gasteiger partial charge in [-0.1, -0.05) is 13.8 Å². The van der Waals surface area contributed by atoms with Crippen molar-refractivity contribution < 1.29 is 0 Å². The summed E-state index contributed by atoms with van der Waals surface area (Å²) in [6.07, 6.45) is 3.96. The van der Waals surface area contributed by atoms with Crippen molar-refractivity contribution in [3.05, 3.63) is 16.1 Å². The largest absolute Gasteiger partial charge is 0.322 e. The Kier molecular flexibility index (Phi) is 2.88. The molecule has 1 unspecified atom stereocenters. The molecule has 1 aromatic rings. The SMILES string of the molecule is CC(C)C(N)c1csc(CC2CC2)n1. The van der Waals surface area contributed by atoms with Gasteiger partial charge in [0.15, 0.2) is 0 Å². The molecule has 0 amide bonds. The van der Waals surface area contributed by atoms with Gasteiger partial charge in [-0.3, -0.25) is 0 Å². The predicted octanol–water partition coefficient (Wildman–Crippen LogP) is 2.75. The molecule has 2 nitrogen and oxygen atoms in total. The molecule has 1 atom stereocenters.